The van der Waals surface area contributed by atoms with Gasteiger partial charge in [0.25, 0.3) is 0 Å². The molecule has 0 radical (unpaired) electrons. The Morgan fingerprint density at radius 2 is 2.30 bits per heavy atom. The summed E-state index contributed by atoms with van der Waals surface area (Å²) in [7, 11) is 1.86. The molecule has 106 valence electrons. The van der Waals surface area contributed by atoms with Crippen molar-refractivity contribution >= 4 is 23.1 Å². The smallest absolute Gasteiger partial charge is 0.306 e. The van der Waals surface area contributed by atoms with E-state index >= 15 is 0 Å². The van der Waals surface area contributed by atoms with Gasteiger partial charge in [-0.2, -0.15) is 0 Å². The van der Waals surface area contributed by atoms with E-state index in [4.69, 9.17) is 0 Å². The lowest BCUT2D eigenvalue weighted by atomic mass is 10.2. The van der Waals surface area contributed by atoms with Crippen LogP contribution in [0.1, 0.15) is 13.3 Å². The van der Waals surface area contributed by atoms with Gasteiger partial charge in [0.05, 0.1) is 9.82 Å². The largest absolute Gasteiger partial charge is 0.379 e. The summed E-state index contributed by atoms with van der Waals surface area (Å²) in [6, 6.07) is 5.29. The van der Waals surface area contributed by atoms with Crippen molar-refractivity contribution in [1.29, 1.82) is 0 Å². The molecule has 0 fully saturated rings. The predicted octanol–water partition coefficient (Wildman–Crippen LogP) is 3.30. The summed E-state index contributed by atoms with van der Waals surface area (Å²) in [5.41, 5.74) is 0.657. The lowest BCUT2D eigenvalue weighted by Crippen LogP contribution is -2.04. The highest BCUT2D eigenvalue weighted by Crippen LogP contribution is 2.38. The first-order valence-electron chi connectivity index (χ1n) is 6.30. The van der Waals surface area contributed by atoms with Crippen LogP contribution in [0.3, 0.4) is 0 Å². The Morgan fingerprint density at radius 1 is 1.50 bits per heavy atom. The van der Waals surface area contributed by atoms with Gasteiger partial charge in [-0.1, -0.05) is 13.0 Å². The van der Waals surface area contributed by atoms with E-state index in [0.29, 0.717) is 17.1 Å². The van der Waals surface area contributed by atoms with Crippen molar-refractivity contribution in [2.75, 3.05) is 11.9 Å². The van der Waals surface area contributed by atoms with Crippen LogP contribution in [0.4, 0.5) is 11.4 Å². The third-order valence-corrected chi connectivity index (χ3v) is 3.85. The molecule has 1 aromatic carbocycles. The Balaban J connectivity index is 2.36. The molecule has 1 heterocycles. The van der Waals surface area contributed by atoms with Gasteiger partial charge >= 0.3 is 5.69 Å². The first-order chi connectivity index (χ1) is 9.63. The number of nitro benzene ring substituents is 1. The molecule has 0 unspecified atom stereocenters. The summed E-state index contributed by atoms with van der Waals surface area (Å²) in [6.07, 6.45) is 4.40. The number of nitrogens with one attached hydrogen (secondary N) is 1. The van der Waals surface area contributed by atoms with Crippen LogP contribution in [0.15, 0.2) is 40.6 Å². The number of hydrogen-bond donors (Lipinski definition) is 1. The van der Waals surface area contributed by atoms with E-state index < -0.39 is 0 Å². The average Bonchev–Trinajstić information content (AvgIpc) is 2.81. The van der Waals surface area contributed by atoms with Gasteiger partial charge in [-0.15, -0.1) is 0 Å². The second kappa shape index (κ2) is 6.42. The third kappa shape index (κ3) is 3.11. The van der Waals surface area contributed by atoms with Gasteiger partial charge < -0.3 is 9.88 Å². The van der Waals surface area contributed by atoms with Crippen LogP contribution in [0, 0.1) is 10.1 Å². The van der Waals surface area contributed by atoms with E-state index in [0.717, 1.165) is 11.6 Å². The molecule has 0 bridgehead atoms. The molecule has 0 atom stereocenters. The maximum Gasteiger partial charge on any atom is 0.306 e. The first kappa shape index (κ1) is 14.4. The second-order valence-corrected chi connectivity index (χ2v) is 5.27. The van der Waals surface area contributed by atoms with Gasteiger partial charge in [0.2, 0.25) is 0 Å². The van der Waals surface area contributed by atoms with Gasteiger partial charge in [0.15, 0.2) is 5.16 Å². The molecule has 0 amide bonds. The summed E-state index contributed by atoms with van der Waals surface area (Å²) in [6.45, 7) is 2.72. The minimum atomic E-state index is -0.344. The molecule has 0 aliphatic rings. The van der Waals surface area contributed by atoms with Crippen LogP contribution in [-0.2, 0) is 7.05 Å². The Morgan fingerprint density at radius 3 is 2.90 bits per heavy atom. The van der Waals surface area contributed by atoms with Crippen LogP contribution >= 0.6 is 11.8 Å². The zero-order valence-corrected chi connectivity index (χ0v) is 12.2. The fraction of sp³-hybridized carbons (Fsp3) is 0.308. The zero-order chi connectivity index (χ0) is 14.5. The van der Waals surface area contributed by atoms with Crippen LogP contribution in [-0.4, -0.2) is 21.0 Å². The Bertz CT molecular complexity index is 612. The van der Waals surface area contributed by atoms with E-state index in [2.05, 4.69) is 10.3 Å². The standard InChI is InChI=1S/C13H16N4O2S/c1-3-7-14-10-5-4-6-11(12(10)17(18)19)20-13-15-8-9-16(13)2/h4-6,8-9,14H,3,7H2,1-2H3. The quantitative estimate of drug-likeness (QED) is 0.653. The van der Waals surface area contributed by atoms with E-state index in [1.54, 1.807) is 18.3 Å². The maximum atomic E-state index is 11.3. The number of anilines is 1. The molecule has 2 rings (SSSR count). The molecule has 1 aromatic heterocycles. The summed E-state index contributed by atoms with van der Waals surface area (Å²) in [4.78, 5) is 15.8. The minimum Gasteiger partial charge on any atom is -0.379 e. The van der Waals surface area contributed by atoms with Crippen molar-refractivity contribution in [3.05, 3.63) is 40.7 Å². The Labute approximate surface area is 121 Å². The monoisotopic (exact) mass is 292 g/mol. The van der Waals surface area contributed by atoms with E-state index in [1.807, 2.05) is 30.8 Å². The summed E-state index contributed by atoms with van der Waals surface area (Å²) in [5, 5.41) is 15.2. The van der Waals surface area contributed by atoms with Crippen molar-refractivity contribution in [3.8, 4) is 0 Å². The summed E-state index contributed by atoms with van der Waals surface area (Å²) < 4.78 is 1.83. The van der Waals surface area contributed by atoms with E-state index in [1.165, 1.54) is 11.8 Å². The fourth-order valence-electron chi connectivity index (χ4n) is 1.74. The number of rotatable bonds is 6. The van der Waals surface area contributed by atoms with Crippen molar-refractivity contribution < 1.29 is 4.92 Å². The van der Waals surface area contributed by atoms with Crippen LogP contribution in [0.5, 0.6) is 0 Å². The van der Waals surface area contributed by atoms with Crippen LogP contribution < -0.4 is 5.32 Å². The molecule has 7 heteroatoms. The molecular weight excluding hydrogens is 276 g/mol. The number of imidazole rings is 1. The number of hydrogen-bond acceptors (Lipinski definition) is 5. The first-order valence-corrected chi connectivity index (χ1v) is 7.11. The van der Waals surface area contributed by atoms with Gasteiger partial charge in [0, 0.05) is 26.0 Å². The molecule has 6 nitrogen and oxygen atoms in total. The van der Waals surface area contributed by atoms with E-state index in [9.17, 15) is 10.1 Å². The highest BCUT2D eigenvalue weighted by molar-refractivity contribution is 7.99. The molecule has 1 N–H and O–H groups in total. The van der Waals surface area contributed by atoms with Gasteiger partial charge in [0.1, 0.15) is 5.69 Å². The van der Waals surface area contributed by atoms with E-state index in [-0.39, 0.29) is 10.6 Å². The number of nitro groups is 1. The Hall–Kier alpha value is -2.02. The SMILES string of the molecule is CCCNc1cccc(Sc2nccn2C)c1[N+](=O)[O-]. The number of aryl methyl sites for hydroxylation is 1. The fourth-order valence-corrected chi connectivity index (χ4v) is 2.69. The van der Waals surface area contributed by atoms with Crippen LogP contribution in [0.25, 0.3) is 0 Å². The number of aromatic nitrogens is 2. The van der Waals surface area contributed by atoms with Gasteiger partial charge in [-0.25, -0.2) is 4.98 Å². The Kier molecular flexibility index (Phi) is 4.62. The summed E-state index contributed by atoms with van der Waals surface area (Å²) in [5.74, 6) is 0. The molecule has 0 saturated carbocycles. The lowest BCUT2D eigenvalue weighted by molar-refractivity contribution is -0.386. The van der Waals surface area contributed by atoms with Gasteiger partial charge in [-0.05, 0) is 30.3 Å². The van der Waals surface area contributed by atoms with Crippen molar-refractivity contribution in [3.63, 3.8) is 0 Å². The topological polar surface area (TPSA) is 73.0 Å². The number of benzene rings is 1. The normalized spacial score (nSPS) is 10.5. The molecule has 2 aromatic rings. The number of para-hydroxylation sites is 1. The molecular formula is C13H16N4O2S. The van der Waals surface area contributed by atoms with Crippen molar-refractivity contribution in [1.82, 2.24) is 9.55 Å². The molecule has 0 aliphatic carbocycles. The molecule has 0 saturated heterocycles. The molecule has 0 spiro atoms. The van der Waals surface area contributed by atoms with Crippen LogP contribution in [0.2, 0.25) is 0 Å². The summed E-state index contributed by atoms with van der Waals surface area (Å²) >= 11 is 1.29. The molecule has 0 aliphatic heterocycles. The second-order valence-electron chi connectivity index (χ2n) is 4.26. The zero-order valence-electron chi connectivity index (χ0n) is 11.4. The van der Waals surface area contributed by atoms with Gasteiger partial charge in [-0.3, -0.25) is 10.1 Å². The molecule has 20 heavy (non-hydrogen) atoms. The van der Waals surface area contributed by atoms with Crippen molar-refractivity contribution in [2.45, 2.75) is 23.4 Å². The van der Waals surface area contributed by atoms with Crippen molar-refractivity contribution in [2.24, 2.45) is 7.05 Å². The minimum absolute atomic E-state index is 0.106. The average molecular weight is 292 g/mol. The number of nitrogens with zero attached hydrogens (tertiary/aromatic N) is 3. The highest BCUT2D eigenvalue weighted by Gasteiger charge is 2.21. The maximum absolute atomic E-state index is 11.3. The third-order valence-electron chi connectivity index (χ3n) is 2.73. The predicted molar refractivity (Wildman–Crippen MR) is 79.2 cm³/mol. The lowest BCUT2D eigenvalue weighted by Gasteiger charge is -2.09. The highest BCUT2D eigenvalue weighted by atomic mass is 32.2.